The average Bonchev–Trinajstić information content (AvgIpc) is 4.35. The van der Waals surface area contributed by atoms with Gasteiger partial charge in [-0.15, -0.1) is 0 Å². The molecular weight excluding hydrogens is 1180 g/mol. The van der Waals surface area contributed by atoms with Crippen LogP contribution in [-0.4, -0.2) is 140 Å². The van der Waals surface area contributed by atoms with Crippen molar-refractivity contribution in [3.63, 3.8) is 0 Å². The number of urea groups is 3. The third-order valence-electron chi connectivity index (χ3n) is 15.5. The summed E-state index contributed by atoms with van der Waals surface area (Å²) in [6.45, 7) is 27.3. The largest absolute Gasteiger partial charge is 0.353 e. The van der Waals surface area contributed by atoms with Gasteiger partial charge in [-0.25, -0.2) is 44.3 Å². The Hall–Kier alpha value is -7.43. The monoisotopic (exact) mass is 1250 g/mol. The van der Waals surface area contributed by atoms with E-state index in [0.29, 0.717) is 77.2 Å². The van der Waals surface area contributed by atoms with Gasteiger partial charge in [0.05, 0.1) is 40.7 Å². The summed E-state index contributed by atoms with van der Waals surface area (Å²) in [7, 11) is 0. The first-order valence-electron chi connectivity index (χ1n) is 28.9. The van der Waals surface area contributed by atoms with Gasteiger partial charge >= 0.3 is 18.1 Å². The highest BCUT2D eigenvalue weighted by atomic mass is 35.5. The fraction of sp³-hybridized carbons (Fsp3) is 0.381. The molecule has 450 valence electrons. The zero-order chi connectivity index (χ0) is 61.0. The van der Waals surface area contributed by atoms with Crippen molar-refractivity contribution < 1.29 is 14.4 Å². The molecule has 3 aromatic carbocycles. The number of fused-ring (bicyclic) bond motifs is 3. The Kier molecular flexibility index (Phi) is 19.1. The summed E-state index contributed by atoms with van der Waals surface area (Å²) in [5.74, 6) is 3.01. The van der Waals surface area contributed by atoms with Gasteiger partial charge in [-0.3, -0.25) is 16.0 Å². The minimum atomic E-state index is -0.121. The van der Waals surface area contributed by atoms with Gasteiger partial charge in [-0.05, 0) is 135 Å². The molecule has 3 aliphatic rings. The molecule has 3 atom stereocenters. The number of hydrogen-bond donors (Lipinski definition) is 3. The summed E-state index contributed by atoms with van der Waals surface area (Å²) in [4.78, 5) is 77.6. The molecule has 86 heavy (non-hydrogen) atoms. The molecule has 18 nitrogen and oxygen atoms in total. The highest BCUT2D eigenvalue weighted by molar-refractivity contribution is 7.23. The van der Waals surface area contributed by atoms with Gasteiger partial charge in [0.2, 0.25) is 0 Å². The number of thiazole rings is 3. The molecule has 9 aromatic rings. The van der Waals surface area contributed by atoms with Crippen molar-refractivity contribution in [3.05, 3.63) is 142 Å². The molecule has 6 aromatic heterocycles. The quantitative estimate of drug-likeness (QED) is 0.137. The second-order valence-corrected chi connectivity index (χ2v) is 27.3. The lowest BCUT2D eigenvalue weighted by atomic mass is 9.87. The topological polar surface area (TPSA) is 184 Å². The Morgan fingerprint density at radius 2 is 0.919 bits per heavy atom. The lowest BCUT2D eigenvalue weighted by Gasteiger charge is -2.40. The van der Waals surface area contributed by atoms with E-state index >= 15 is 0 Å². The van der Waals surface area contributed by atoms with Crippen molar-refractivity contribution >= 4 is 139 Å². The molecule has 0 unspecified atom stereocenters. The van der Waals surface area contributed by atoms with Gasteiger partial charge in [0.25, 0.3) is 0 Å². The van der Waals surface area contributed by atoms with Crippen molar-refractivity contribution in [2.24, 2.45) is 0 Å². The SMILES string of the molecule is CC(C)c1ccc2nc(NC(=O)N3CCN(c4ncccc4Cl)C[C@H]3C)sc2c1.C[C@@H]1CN(c2ncccc2Cl)CCN1C(=O)Nc1nc2ccc(C(C)(C)C)cc2s1.Cc1ccc2nc(NC(=O)N3CCN(c4ncccc4C)C[C@H]3C)sc2c1. The number of nitrogens with one attached hydrogen (secondary N) is 3. The number of carbonyl (C=O) groups excluding carboxylic acids is 3. The first-order valence-corrected chi connectivity index (χ1v) is 32.2. The number of anilines is 6. The van der Waals surface area contributed by atoms with E-state index in [1.165, 1.54) is 50.7 Å². The maximum Gasteiger partial charge on any atom is 0.324 e. The van der Waals surface area contributed by atoms with Crippen molar-refractivity contribution in [2.45, 2.75) is 98.7 Å². The number of aryl methyl sites for hydroxylation is 2. The normalized spacial score (nSPS) is 17.3. The summed E-state index contributed by atoms with van der Waals surface area (Å²) in [5, 5.41) is 12.1. The van der Waals surface area contributed by atoms with Crippen LogP contribution in [0.5, 0.6) is 0 Å². The van der Waals surface area contributed by atoms with Crippen LogP contribution in [0.3, 0.4) is 0 Å². The molecule has 23 heteroatoms. The van der Waals surface area contributed by atoms with Crippen LogP contribution in [0.15, 0.2) is 110 Å². The fourth-order valence-electron chi connectivity index (χ4n) is 10.8. The Balaban J connectivity index is 0.000000143. The zero-order valence-electron chi connectivity index (χ0n) is 50.1. The van der Waals surface area contributed by atoms with E-state index < -0.39 is 0 Å². The van der Waals surface area contributed by atoms with Crippen LogP contribution >= 0.6 is 57.2 Å². The predicted octanol–water partition coefficient (Wildman–Crippen LogP) is 14.6. The molecule has 0 saturated carbocycles. The van der Waals surface area contributed by atoms with Crippen LogP contribution in [0.25, 0.3) is 30.6 Å². The molecule has 0 radical (unpaired) electrons. The molecule has 3 N–H and O–H groups in total. The number of aromatic nitrogens is 6. The van der Waals surface area contributed by atoms with E-state index in [1.54, 1.807) is 12.4 Å². The zero-order valence-corrected chi connectivity index (χ0v) is 54.1. The highest BCUT2D eigenvalue weighted by Gasteiger charge is 2.33. The lowest BCUT2D eigenvalue weighted by molar-refractivity contribution is 0.184. The molecule has 6 amide bonds. The van der Waals surface area contributed by atoms with E-state index in [9.17, 15) is 14.4 Å². The third kappa shape index (κ3) is 14.5. The smallest absolute Gasteiger partial charge is 0.324 e. The van der Waals surface area contributed by atoms with Crippen LogP contribution in [0.4, 0.5) is 47.2 Å². The Morgan fingerprint density at radius 1 is 0.523 bits per heavy atom. The Labute approximate surface area is 524 Å². The Morgan fingerprint density at radius 3 is 1.34 bits per heavy atom. The van der Waals surface area contributed by atoms with Crippen molar-refractivity contribution in [1.29, 1.82) is 0 Å². The summed E-state index contributed by atoms with van der Waals surface area (Å²) < 4.78 is 3.27. The minimum Gasteiger partial charge on any atom is -0.353 e. The number of amides is 6. The second-order valence-electron chi connectivity index (χ2n) is 23.4. The van der Waals surface area contributed by atoms with E-state index in [2.05, 4.69) is 152 Å². The summed E-state index contributed by atoms with van der Waals surface area (Å²) in [6.07, 6.45) is 5.30. The maximum atomic E-state index is 12.9. The molecule has 0 spiro atoms. The van der Waals surface area contributed by atoms with Gasteiger partial charge in [0.15, 0.2) is 15.4 Å². The number of carbonyl (C=O) groups is 3. The van der Waals surface area contributed by atoms with Crippen molar-refractivity contribution in [2.75, 3.05) is 89.6 Å². The first-order chi connectivity index (χ1) is 41.1. The van der Waals surface area contributed by atoms with Crippen LogP contribution < -0.4 is 30.7 Å². The first kappa shape index (κ1) is 61.7. The standard InChI is InChI=1S/C22H26ClN5OS.C21H24ClN5OS.C20H23N5OS/c1-14-13-27(19-16(23)6-5-9-24-19)10-11-28(14)21(29)26-20-25-17-8-7-15(22(2,3)4)12-18(17)30-20;1-13(2)15-6-7-17-18(11-15)29-20(24-17)25-21(28)27-10-9-26(12-14(27)3)19-16(22)5-4-8-23-19;1-13-6-7-16-17(11-13)27-19(22-16)23-20(26)25-10-9-24(12-15(25)3)18-14(2)5-4-8-21-18/h5-9,12,14H,10-11,13H2,1-4H3,(H,25,26,29);4-8,11,13-14H,9-10,12H2,1-3H3,(H,24,25,28);4-8,11,15H,9-10,12H2,1-3H3,(H,22,23,26)/t2*14-;15-/m111/s1. The molecule has 3 aliphatic heterocycles. The fourth-order valence-corrected chi connectivity index (χ4v) is 14.0. The van der Waals surface area contributed by atoms with Crippen LogP contribution in [-0.2, 0) is 5.41 Å². The molecule has 3 saturated heterocycles. The number of rotatable bonds is 7. The minimum absolute atomic E-state index is 0.0266. The van der Waals surface area contributed by atoms with Gasteiger partial charge in [-0.1, -0.05) is 116 Å². The van der Waals surface area contributed by atoms with E-state index in [0.717, 1.165) is 66.8 Å². The lowest BCUT2D eigenvalue weighted by Crippen LogP contribution is -2.55. The van der Waals surface area contributed by atoms with Crippen LogP contribution in [0, 0.1) is 13.8 Å². The highest BCUT2D eigenvalue weighted by Crippen LogP contribution is 2.34. The molecular formula is C63H73Cl2N15O3S3. The van der Waals surface area contributed by atoms with Crippen LogP contribution in [0.1, 0.15) is 83.6 Å². The van der Waals surface area contributed by atoms with Gasteiger partial charge in [0, 0.05) is 95.6 Å². The molecule has 3 fully saturated rings. The molecule has 0 bridgehead atoms. The third-order valence-corrected chi connectivity index (χ3v) is 18.9. The van der Waals surface area contributed by atoms with Gasteiger partial charge < -0.3 is 29.4 Å². The summed E-state index contributed by atoms with van der Waals surface area (Å²) in [5.41, 5.74) is 7.71. The van der Waals surface area contributed by atoms with E-state index in [4.69, 9.17) is 23.2 Å². The Bertz CT molecular complexity index is 3890. The van der Waals surface area contributed by atoms with Crippen molar-refractivity contribution in [3.8, 4) is 0 Å². The van der Waals surface area contributed by atoms with E-state index in [-0.39, 0.29) is 41.6 Å². The maximum absolute atomic E-state index is 12.9. The van der Waals surface area contributed by atoms with Gasteiger partial charge in [0.1, 0.15) is 17.5 Å². The second kappa shape index (κ2) is 26.7. The summed E-state index contributed by atoms with van der Waals surface area (Å²) >= 11 is 17.1. The predicted molar refractivity (Wildman–Crippen MR) is 356 cm³/mol. The molecule has 9 heterocycles. The molecule has 12 rings (SSSR count). The average molecular weight is 1260 g/mol. The van der Waals surface area contributed by atoms with Crippen LogP contribution in [0.2, 0.25) is 10.0 Å². The summed E-state index contributed by atoms with van der Waals surface area (Å²) in [6, 6.07) is 29.9. The molecule has 0 aliphatic carbocycles. The number of piperazine rings is 3. The number of benzene rings is 3. The van der Waals surface area contributed by atoms with E-state index in [1.807, 2.05) is 89.3 Å². The number of hydrogen-bond acceptors (Lipinski definition) is 15. The van der Waals surface area contributed by atoms with Crippen molar-refractivity contribution in [1.82, 2.24) is 44.6 Å². The number of pyridine rings is 3. The number of halogens is 2. The van der Waals surface area contributed by atoms with Gasteiger partial charge in [-0.2, -0.15) is 0 Å². The number of nitrogens with zero attached hydrogens (tertiary/aromatic N) is 12.